The Hall–Kier alpha value is -3.87. The Kier molecular flexibility index (Phi) is 4.99. The van der Waals surface area contributed by atoms with Crippen molar-refractivity contribution < 1.29 is 22.9 Å². The first-order chi connectivity index (χ1) is 13.9. The molecule has 0 aliphatic carbocycles. The molecule has 0 atom stereocenters. The standard InChI is InChI=1S/C20H15F3N4O3/c1-19(2,26-8-7-12-9-15(27(29)30)5-6-17(12)26)18(28)25-14-4-3-13(11-24)16(10-14)20(21,22)23/h3-10H,1-2H3,(H,25,28). The van der Waals surface area contributed by atoms with Crippen LogP contribution in [0.25, 0.3) is 10.9 Å². The summed E-state index contributed by atoms with van der Waals surface area (Å²) in [5.74, 6) is -0.601. The minimum Gasteiger partial charge on any atom is -0.333 e. The third-order valence-electron chi connectivity index (χ3n) is 4.75. The van der Waals surface area contributed by atoms with E-state index in [-0.39, 0.29) is 11.4 Å². The maximum absolute atomic E-state index is 13.2. The van der Waals surface area contributed by atoms with Crippen molar-refractivity contribution in [3.63, 3.8) is 0 Å². The summed E-state index contributed by atoms with van der Waals surface area (Å²) in [4.78, 5) is 23.3. The first-order valence-corrected chi connectivity index (χ1v) is 8.64. The lowest BCUT2D eigenvalue weighted by Gasteiger charge is -2.27. The molecule has 7 nitrogen and oxygen atoms in total. The number of rotatable bonds is 4. The van der Waals surface area contributed by atoms with Crippen LogP contribution in [-0.2, 0) is 16.5 Å². The Balaban J connectivity index is 1.95. The van der Waals surface area contributed by atoms with Gasteiger partial charge in [-0.15, -0.1) is 0 Å². The molecule has 1 amide bonds. The minimum atomic E-state index is -4.74. The van der Waals surface area contributed by atoms with Crippen LogP contribution in [0.3, 0.4) is 0 Å². The summed E-state index contributed by atoms with van der Waals surface area (Å²) in [6.45, 7) is 3.13. The van der Waals surface area contributed by atoms with E-state index >= 15 is 0 Å². The van der Waals surface area contributed by atoms with Crippen LogP contribution in [0.4, 0.5) is 24.5 Å². The molecule has 0 saturated carbocycles. The molecule has 0 saturated heterocycles. The van der Waals surface area contributed by atoms with E-state index in [1.54, 1.807) is 30.7 Å². The number of halogens is 3. The van der Waals surface area contributed by atoms with E-state index in [0.717, 1.165) is 6.07 Å². The minimum absolute atomic E-state index is 0.0974. The summed E-state index contributed by atoms with van der Waals surface area (Å²) < 4.78 is 41.1. The number of hydrogen-bond donors (Lipinski definition) is 1. The number of anilines is 1. The molecule has 3 rings (SSSR count). The predicted molar refractivity (Wildman–Crippen MR) is 103 cm³/mol. The SMILES string of the molecule is CC(C)(C(=O)Nc1ccc(C#N)c(C(F)(F)F)c1)n1ccc2cc([N+](=O)[O-])ccc21. The number of amides is 1. The summed E-state index contributed by atoms with van der Waals surface area (Å²) in [7, 11) is 0. The molecule has 10 heteroatoms. The Labute approximate surface area is 168 Å². The quantitative estimate of drug-likeness (QED) is 0.487. The highest BCUT2D eigenvalue weighted by molar-refractivity contribution is 5.98. The molecule has 154 valence electrons. The van der Waals surface area contributed by atoms with Gasteiger partial charge in [0.1, 0.15) is 5.54 Å². The number of benzene rings is 2. The van der Waals surface area contributed by atoms with Gasteiger partial charge >= 0.3 is 6.18 Å². The molecule has 0 aliphatic rings. The molecule has 30 heavy (non-hydrogen) atoms. The second-order valence-corrected chi connectivity index (χ2v) is 7.07. The fourth-order valence-electron chi connectivity index (χ4n) is 3.08. The molecule has 0 spiro atoms. The first kappa shape index (κ1) is 20.9. The van der Waals surface area contributed by atoms with Crippen molar-refractivity contribution in [3.8, 4) is 6.07 Å². The van der Waals surface area contributed by atoms with Gasteiger partial charge in [-0.3, -0.25) is 14.9 Å². The number of nitrogens with zero attached hydrogens (tertiary/aromatic N) is 3. The van der Waals surface area contributed by atoms with Gasteiger partial charge in [-0.1, -0.05) is 0 Å². The number of alkyl halides is 3. The number of nitrogens with one attached hydrogen (secondary N) is 1. The second kappa shape index (κ2) is 7.18. The molecule has 0 unspecified atom stereocenters. The zero-order valence-corrected chi connectivity index (χ0v) is 15.8. The molecule has 2 aromatic carbocycles. The van der Waals surface area contributed by atoms with Gasteiger partial charge in [-0.25, -0.2) is 0 Å². The number of hydrogen-bond acceptors (Lipinski definition) is 4. The van der Waals surface area contributed by atoms with Gasteiger partial charge < -0.3 is 9.88 Å². The molecule has 1 heterocycles. The van der Waals surface area contributed by atoms with Crippen LogP contribution >= 0.6 is 0 Å². The second-order valence-electron chi connectivity index (χ2n) is 7.07. The Morgan fingerprint density at radius 1 is 1.17 bits per heavy atom. The topological polar surface area (TPSA) is 101 Å². The van der Waals surface area contributed by atoms with Crippen LogP contribution in [0.1, 0.15) is 25.0 Å². The Morgan fingerprint density at radius 2 is 1.87 bits per heavy atom. The number of nitriles is 1. The summed E-state index contributed by atoms with van der Waals surface area (Å²) in [6.07, 6.45) is -3.17. The number of aromatic nitrogens is 1. The normalized spacial score (nSPS) is 11.9. The van der Waals surface area contributed by atoms with E-state index < -0.39 is 33.7 Å². The van der Waals surface area contributed by atoms with Crippen molar-refractivity contribution in [1.29, 1.82) is 5.26 Å². The molecule has 0 bridgehead atoms. The van der Waals surface area contributed by atoms with Crippen LogP contribution in [0.5, 0.6) is 0 Å². The van der Waals surface area contributed by atoms with Gasteiger partial charge in [0.15, 0.2) is 0 Å². The summed E-state index contributed by atoms with van der Waals surface area (Å²) >= 11 is 0. The molecule has 1 aromatic heterocycles. The zero-order valence-electron chi connectivity index (χ0n) is 15.8. The van der Waals surface area contributed by atoms with Crippen LogP contribution < -0.4 is 5.32 Å². The van der Waals surface area contributed by atoms with E-state index in [9.17, 15) is 28.1 Å². The van der Waals surface area contributed by atoms with E-state index in [2.05, 4.69) is 5.32 Å². The van der Waals surface area contributed by atoms with Gasteiger partial charge in [0.05, 0.1) is 22.1 Å². The van der Waals surface area contributed by atoms with Gasteiger partial charge in [0.2, 0.25) is 5.91 Å². The zero-order chi connectivity index (χ0) is 22.3. The monoisotopic (exact) mass is 416 g/mol. The van der Waals surface area contributed by atoms with Crippen molar-refractivity contribution in [1.82, 2.24) is 4.57 Å². The largest absolute Gasteiger partial charge is 0.417 e. The van der Waals surface area contributed by atoms with Crippen LogP contribution in [0.15, 0.2) is 48.7 Å². The van der Waals surface area contributed by atoms with Gasteiger partial charge in [-0.05, 0) is 44.2 Å². The predicted octanol–water partition coefficient (Wildman–Crippen LogP) is 4.81. The molecule has 0 fully saturated rings. The van der Waals surface area contributed by atoms with Crippen molar-refractivity contribution in [3.05, 3.63) is 69.9 Å². The van der Waals surface area contributed by atoms with Crippen LogP contribution in [0, 0.1) is 21.4 Å². The van der Waals surface area contributed by atoms with Crippen molar-refractivity contribution >= 4 is 28.2 Å². The fourth-order valence-corrected chi connectivity index (χ4v) is 3.08. The van der Waals surface area contributed by atoms with Gasteiger partial charge in [0.25, 0.3) is 5.69 Å². The average molecular weight is 416 g/mol. The molecule has 1 N–H and O–H groups in total. The third kappa shape index (κ3) is 3.69. The van der Waals surface area contributed by atoms with E-state index in [4.69, 9.17) is 5.26 Å². The van der Waals surface area contributed by atoms with Gasteiger partial charge in [0, 0.05) is 34.9 Å². The average Bonchev–Trinajstić information content (AvgIpc) is 3.11. The lowest BCUT2D eigenvalue weighted by molar-refractivity contribution is -0.384. The number of nitro benzene ring substituents is 1. The van der Waals surface area contributed by atoms with Crippen molar-refractivity contribution in [2.75, 3.05) is 5.32 Å². The first-order valence-electron chi connectivity index (χ1n) is 8.64. The number of fused-ring (bicyclic) bond motifs is 1. The highest BCUT2D eigenvalue weighted by Crippen LogP contribution is 2.34. The molecule has 0 aliphatic heterocycles. The Bertz CT molecular complexity index is 1210. The molecule has 3 aromatic rings. The van der Waals surface area contributed by atoms with Crippen molar-refractivity contribution in [2.24, 2.45) is 0 Å². The molecule has 0 radical (unpaired) electrons. The fraction of sp³-hybridized carbons (Fsp3) is 0.200. The number of carbonyl (C=O) groups is 1. The third-order valence-corrected chi connectivity index (χ3v) is 4.75. The molecular weight excluding hydrogens is 401 g/mol. The molecular formula is C20H15F3N4O3. The summed E-state index contributed by atoms with van der Waals surface area (Å²) in [5.41, 5.74) is -2.57. The van der Waals surface area contributed by atoms with E-state index in [1.165, 1.54) is 30.3 Å². The van der Waals surface area contributed by atoms with E-state index in [0.29, 0.717) is 17.0 Å². The van der Waals surface area contributed by atoms with Crippen molar-refractivity contribution in [2.45, 2.75) is 25.6 Å². The number of nitro groups is 1. The number of carbonyl (C=O) groups excluding carboxylic acids is 1. The van der Waals surface area contributed by atoms with E-state index in [1.807, 2.05) is 0 Å². The van der Waals surface area contributed by atoms with Crippen LogP contribution in [-0.4, -0.2) is 15.4 Å². The summed E-state index contributed by atoms with van der Waals surface area (Å²) in [5, 5.41) is 22.8. The van der Waals surface area contributed by atoms with Crippen LogP contribution in [0.2, 0.25) is 0 Å². The highest BCUT2D eigenvalue weighted by Gasteiger charge is 2.35. The lowest BCUT2D eigenvalue weighted by Crippen LogP contribution is -2.39. The lowest BCUT2D eigenvalue weighted by atomic mass is 10.0. The highest BCUT2D eigenvalue weighted by atomic mass is 19.4. The smallest absolute Gasteiger partial charge is 0.333 e. The maximum atomic E-state index is 13.2. The Morgan fingerprint density at radius 3 is 2.47 bits per heavy atom. The van der Waals surface area contributed by atoms with Gasteiger partial charge in [-0.2, -0.15) is 18.4 Å². The maximum Gasteiger partial charge on any atom is 0.417 e. The number of non-ortho nitro benzene ring substituents is 1. The summed E-state index contributed by atoms with van der Waals surface area (Å²) in [6, 6.07) is 10.2.